The topological polar surface area (TPSA) is 55.1 Å². The first-order valence-electron chi connectivity index (χ1n) is 5.64. The van der Waals surface area contributed by atoms with Gasteiger partial charge in [0, 0.05) is 5.69 Å². The molecule has 1 atom stereocenters. The minimum atomic E-state index is -0.787. The lowest BCUT2D eigenvalue weighted by Gasteiger charge is -2.12. The van der Waals surface area contributed by atoms with Gasteiger partial charge >= 0.3 is 0 Å². The Labute approximate surface area is 115 Å². The molecule has 1 unspecified atom stereocenters. The Morgan fingerprint density at radius 1 is 1.21 bits per heavy atom. The molecule has 2 aromatic rings. The summed E-state index contributed by atoms with van der Waals surface area (Å²) in [6.07, 6.45) is 0. The van der Waals surface area contributed by atoms with Crippen molar-refractivity contribution in [2.75, 3.05) is 5.32 Å². The van der Waals surface area contributed by atoms with Crippen LogP contribution in [0.2, 0.25) is 5.02 Å². The van der Waals surface area contributed by atoms with Gasteiger partial charge in [0.25, 0.3) is 0 Å². The van der Waals surface area contributed by atoms with E-state index in [2.05, 4.69) is 5.32 Å². The second-order valence-electron chi connectivity index (χ2n) is 4.01. The van der Waals surface area contributed by atoms with E-state index >= 15 is 0 Å². The van der Waals surface area contributed by atoms with Gasteiger partial charge in [0.1, 0.15) is 11.9 Å². The first kappa shape index (κ1) is 13.5. The van der Waals surface area contributed by atoms with Crippen LogP contribution in [0.5, 0.6) is 0 Å². The zero-order valence-electron chi connectivity index (χ0n) is 9.94. The Morgan fingerprint density at radius 3 is 2.53 bits per heavy atom. The van der Waals surface area contributed by atoms with Crippen molar-refractivity contribution >= 4 is 23.2 Å². The smallest absolute Gasteiger partial charge is 0.245 e. The third-order valence-electron chi connectivity index (χ3n) is 2.63. The van der Waals surface area contributed by atoms with E-state index in [-0.39, 0.29) is 10.9 Å². The van der Waals surface area contributed by atoms with E-state index in [1.165, 1.54) is 18.2 Å². The van der Waals surface area contributed by atoms with Crippen molar-refractivity contribution in [3.8, 4) is 0 Å². The number of amides is 1. The summed E-state index contributed by atoms with van der Waals surface area (Å²) in [5.41, 5.74) is 6.94. The van der Waals surface area contributed by atoms with Crippen LogP contribution in [0, 0.1) is 5.82 Å². The van der Waals surface area contributed by atoms with Crippen molar-refractivity contribution in [2.24, 2.45) is 5.73 Å². The standard InChI is InChI=1S/C14H12ClFN2O/c15-11-8-10(6-7-12(11)16)18-14(19)13(17)9-4-2-1-3-5-9/h1-8,13H,17H2,(H,18,19). The summed E-state index contributed by atoms with van der Waals surface area (Å²) >= 11 is 5.64. The second kappa shape index (κ2) is 5.82. The fraction of sp³-hybridized carbons (Fsp3) is 0.0714. The molecule has 0 radical (unpaired) electrons. The molecule has 0 aliphatic heterocycles. The monoisotopic (exact) mass is 278 g/mol. The van der Waals surface area contributed by atoms with Gasteiger partial charge in [-0.15, -0.1) is 0 Å². The number of anilines is 1. The lowest BCUT2D eigenvalue weighted by Crippen LogP contribution is -2.27. The number of hydrogen-bond donors (Lipinski definition) is 2. The van der Waals surface area contributed by atoms with Crippen LogP contribution in [0.1, 0.15) is 11.6 Å². The summed E-state index contributed by atoms with van der Waals surface area (Å²) in [5, 5.41) is 2.54. The molecular formula is C14H12ClFN2O. The van der Waals surface area contributed by atoms with Gasteiger partial charge in [0.15, 0.2) is 0 Å². The fourth-order valence-electron chi connectivity index (χ4n) is 1.61. The Bertz CT molecular complexity index is 589. The van der Waals surface area contributed by atoms with Gasteiger partial charge in [-0.05, 0) is 23.8 Å². The van der Waals surface area contributed by atoms with E-state index < -0.39 is 11.9 Å². The maximum atomic E-state index is 13.0. The van der Waals surface area contributed by atoms with E-state index in [1.807, 2.05) is 6.07 Å². The molecule has 0 fully saturated rings. The summed E-state index contributed by atoms with van der Waals surface area (Å²) in [6.45, 7) is 0. The number of nitrogens with one attached hydrogen (secondary N) is 1. The number of nitrogens with two attached hydrogens (primary N) is 1. The van der Waals surface area contributed by atoms with Crippen molar-refractivity contribution in [2.45, 2.75) is 6.04 Å². The maximum absolute atomic E-state index is 13.0. The van der Waals surface area contributed by atoms with Gasteiger partial charge in [-0.25, -0.2) is 4.39 Å². The van der Waals surface area contributed by atoms with E-state index in [0.717, 1.165) is 0 Å². The summed E-state index contributed by atoms with van der Waals surface area (Å²) in [4.78, 5) is 11.9. The third kappa shape index (κ3) is 3.30. The number of rotatable bonds is 3. The first-order valence-corrected chi connectivity index (χ1v) is 6.02. The number of benzene rings is 2. The fourth-order valence-corrected chi connectivity index (χ4v) is 1.79. The Morgan fingerprint density at radius 2 is 1.89 bits per heavy atom. The SMILES string of the molecule is NC(C(=O)Nc1ccc(F)c(Cl)c1)c1ccccc1. The molecule has 0 heterocycles. The molecule has 0 bridgehead atoms. The minimum absolute atomic E-state index is 0.0499. The van der Waals surface area contributed by atoms with Gasteiger partial charge in [-0.3, -0.25) is 4.79 Å². The molecule has 0 aliphatic rings. The van der Waals surface area contributed by atoms with Crippen LogP contribution < -0.4 is 11.1 Å². The van der Waals surface area contributed by atoms with Crippen molar-refractivity contribution < 1.29 is 9.18 Å². The largest absolute Gasteiger partial charge is 0.324 e. The summed E-state index contributed by atoms with van der Waals surface area (Å²) in [6, 6.07) is 12.1. The molecule has 0 saturated heterocycles. The van der Waals surface area contributed by atoms with Crippen LogP contribution in [0.4, 0.5) is 10.1 Å². The van der Waals surface area contributed by atoms with E-state index in [9.17, 15) is 9.18 Å². The predicted octanol–water partition coefficient (Wildman–Crippen LogP) is 3.12. The molecule has 0 spiro atoms. The molecule has 19 heavy (non-hydrogen) atoms. The molecule has 0 saturated carbocycles. The summed E-state index contributed by atoms with van der Waals surface area (Å²) in [5.74, 6) is -0.916. The lowest BCUT2D eigenvalue weighted by molar-refractivity contribution is -0.117. The van der Waals surface area contributed by atoms with Gasteiger partial charge in [0.2, 0.25) is 5.91 Å². The molecule has 2 rings (SSSR count). The van der Waals surface area contributed by atoms with E-state index in [0.29, 0.717) is 11.3 Å². The van der Waals surface area contributed by atoms with Gasteiger partial charge in [-0.2, -0.15) is 0 Å². The van der Waals surface area contributed by atoms with Crippen LogP contribution in [-0.4, -0.2) is 5.91 Å². The van der Waals surface area contributed by atoms with Gasteiger partial charge < -0.3 is 11.1 Å². The van der Waals surface area contributed by atoms with Crippen LogP contribution in [0.15, 0.2) is 48.5 Å². The predicted molar refractivity (Wildman–Crippen MR) is 73.4 cm³/mol. The molecule has 2 aromatic carbocycles. The third-order valence-corrected chi connectivity index (χ3v) is 2.92. The molecule has 1 amide bonds. The molecule has 3 nitrogen and oxygen atoms in total. The Hall–Kier alpha value is -1.91. The number of hydrogen-bond acceptors (Lipinski definition) is 2. The van der Waals surface area contributed by atoms with Crippen molar-refractivity contribution in [1.29, 1.82) is 0 Å². The molecule has 3 N–H and O–H groups in total. The number of halogens is 2. The highest BCUT2D eigenvalue weighted by atomic mass is 35.5. The second-order valence-corrected chi connectivity index (χ2v) is 4.41. The summed E-state index contributed by atoms with van der Waals surface area (Å²) < 4.78 is 13.0. The van der Waals surface area contributed by atoms with Gasteiger partial charge in [0.05, 0.1) is 5.02 Å². The quantitative estimate of drug-likeness (QED) is 0.906. The first-order chi connectivity index (χ1) is 9.08. The lowest BCUT2D eigenvalue weighted by atomic mass is 10.1. The molecule has 5 heteroatoms. The molecule has 98 valence electrons. The van der Waals surface area contributed by atoms with E-state index in [4.69, 9.17) is 17.3 Å². The normalized spacial score (nSPS) is 11.9. The zero-order chi connectivity index (χ0) is 13.8. The van der Waals surface area contributed by atoms with Crippen LogP contribution in [0.25, 0.3) is 0 Å². The average molecular weight is 279 g/mol. The van der Waals surface area contributed by atoms with Crippen LogP contribution in [-0.2, 0) is 4.79 Å². The van der Waals surface area contributed by atoms with Crippen molar-refractivity contribution in [1.82, 2.24) is 0 Å². The molecule has 0 aliphatic carbocycles. The highest BCUT2D eigenvalue weighted by molar-refractivity contribution is 6.31. The highest BCUT2D eigenvalue weighted by Crippen LogP contribution is 2.20. The molecule has 0 aromatic heterocycles. The molecular weight excluding hydrogens is 267 g/mol. The Kier molecular flexibility index (Phi) is 4.14. The van der Waals surface area contributed by atoms with Crippen molar-refractivity contribution in [3.63, 3.8) is 0 Å². The Balaban J connectivity index is 2.10. The van der Waals surface area contributed by atoms with Gasteiger partial charge in [-0.1, -0.05) is 41.9 Å². The summed E-state index contributed by atoms with van der Waals surface area (Å²) in [7, 11) is 0. The number of carbonyl (C=O) groups is 1. The van der Waals surface area contributed by atoms with Crippen LogP contribution >= 0.6 is 11.6 Å². The zero-order valence-corrected chi connectivity index (χ0v) is 10.7. The minimum Gasteiger partial charge on any atom is -0.324 e. The van der Waals surface area contributed by atoms with Crippen molar-refractivity contribution in [3.05, 3.63) is 64.9 Å². The average Bonchev–Trinajstić information content (AvgIpc) is 2.43. The number of carbonyl (C=O) groups excluding carboxylic acids is 1. The maximum Gasteiger partial charge on any atom is 0.245 e. The van der Waals surface area contributed by atoms with Crippen LogP contribution in [0.3, 0.4) is 0 Å². The van der Waals surface area contributed by atoms with E-state index in [1.54, 1.807) is 24.3 Å². The highest BCUT2D eigenvalue weighted by Gasteiger charge is 2.15.